The Morgan fingerprint density at radius 2 is 1.85 bits per heavy atom. The van der Waals surface area contributed by atoms with Crippen molar-refractivity contribution in [3.63, 3.8) is 0 Å². The van der Waals surface area contributed by atoms with E-state index in [4.69, 9.17) is 4.74 Å². The highest BCUT2D eigenvalue weighted by atomic mass is 16.6. The molecule has 0 aromatic heterocycles. The molecule has 0 aliphatic heterocycles. The van der Waals surface area contributed by atoms with Gasteiger partial charge in [0.2, 0.25) is 5.91 Å². The fraction of sp³-hybridized carbons (Fsp3) is 0.222. The van der Waals surface area contributed by atoms with Gasteiger partial charge in [-0.1, -0.05) is 6.07 Å². The third-order valence-corrected chi connectivity index (χ3v) is 3.63. The minimum Gasteiger partial charge on any atom is -0.462 e. The predicted octanol–water partition coefficient (Wildman–Crippen LogP) is 3.13. The number of anilines is 2. The Balaban J connectivity index is 1.94. The van der Waals surface area contributed by atoms with Crippen molar-refractivity contribution in [2.24, 2.45) is 0 Å². The van der Waals surface area contributed by atoms with Gasteiger partial charge >= 0.3 is 5.97 Å². The molecule has 2 N–H and O–H groups in total. The van der Waals surface area contributed by atoms with Gasteiger partial charge < -0.3 is 15.4 Å². The summed E-state index contributed by atoms with van der Waals surface area (Å²) in [5, 5.41) is 16.5. The van der Waals surface area contributed by atoms with Crippen molar-refractivity contribution >= 4 is 28.9 Å². The van der Waals surface area contributed by atoms with Crippen molar-refractivity contribution < 1.29 is 19.2 Å². The summed E-state index contributed by atoms with van der Waals surface area (Å²) in [6.07, 6.45) is 0. The van der Waals surface area contributed by atoms with Gasteiger partial charge in [-0.3, -0.25) is 14.9 Å². The van der Waals surface area contributed by atoms with Crippen LogP contribution in [0.25, 0.3) is 0 Å². The zero-order valence-electron chi connectivity index (χ0n) is 14.4. The van der Waals surface area contributed by atoms with E-state index < -0.39 is 10.9 Å². The second kappa shape index (κ2) is 8.61. The average Bonchev–Trinajstić information content (AvgIpc) is 2.62. The Morgan fingerprint density at radius 1 is 1.15 bits per heavy atom. The molecular weight excluding hydrogens is 338 g/mol. The van der Waals surface area contributed by atoms with Crippen LogP contribution in [-0.2, 0) is 9.53 Å². The van der Waals surface area contributed by atoms with E-state index in [1.807, 2.05) is 0 Å². The Bertz CT molecular complexity index is 818. The van der Waals surface area contributed by atoms with E-state index in [0.717, 1.165) is 0 Å². The molecule has 0 bridgehead atoms. The zero-order valence-corrected chi connectivity index (χ0v) is 14.4. The number of hydrogen-bond acceptors (Lipinski definition) is 6. The monoisotopic (exact) mass is 357 g/mol. The van der Waals surface area contributed by atoms with Crippen molar-refractivity contribution in [3.8, 4) is 0 Å². The van der Waals surface area contributed by atoms with Gasteiger partial charge in [-0.05, 0) is 44.2 Å². The van der Waals surface area contributed by atoms with Gasteiger partial charge in [0.15, 0.2) is 0 Å². The summed E-state index contributed by atoms with van der Waals surface area (Å²) in [6.45, 7) is 3.59. The Labute approximate surface area is 150 Å². The Hall–Kier alpha value is -3.42. The standard InChI is InChI=1S/C18H19N3O5/c1-3-26-18(23)13-7-9-14(10-8-13)19-11-17(22)20-15-5-4-6-16(12(15)2)21(24)25/h4-10,19H,3,11H2,1-2H3,(H,20,22). The number of nitro groups is 1. The molecule has 2 aromatic carbocycles. The average molecular weight is 357 g/mol. The summed E-state index contributed by atoms with van der Waals surface area (Å²) in [7, 11) is 0. The summed E-state index contributed by atoms with van der Waals surface area (Å²) in [4.78, 5) is 34.1. The first-order chi connectivity index (χ1) is 12.4. The third kappa shape index (κ3) is 4.79. The van der Waals surface area contributed by atoms with Crippen LogP contribution in [0.5, 0.6) is 0 Å². The highest BCUT2D eigenvalue weighted by Gasteiger charge is 2.14. The van der Waals surface area contributed by atoms with E-state index >= 15 is 0 Å². The topological polar surface area (TPSA) is 111 Å². The number of nitrogens with zero attached hydrogens (tertiary/aromatic N) is 1. The highest BCUT2D eigenvalue weighted by Crippen LogP contribution is 2.24. The number of amides is 1. The first-order valence-electron chi connectivity index (χ1n) is 7.97. The molecule has 0 spiro atoms. The lowest BCUT2D eigenvalue weighted by molar-refractivity contribution is -0.385. The summed E-state index contributed by atoms with van der Waals surface area (Å²) < 4.78 is 4.90. The van der Waals surface area contributed by atoms with Gasteiger partial charge in [-0.15, -0.1) is 0 Å². The zero-order chi connectivity index (χ0) is 19.1. The maximum atomic E-state index is 12.1. The number of carbonyl (C=O) groups is 2. The lowest BCUT2D eigenvalue weighted by Crippen LogP contribution is -2.22. The van der Waals surface area contributed by atoms with E-state index in [1.54, 1.807) is 44.2 Å². The van der Waals surface area contributed by atoms with Crippen LogP contribution < -0.4 is 10.6 Å². The molecule has 0 aliphatic carbocycles. The maximum absolute atomic E-state index is 12.1. The number of esters is 1. The number of nitrogens with one attached hydrogen (secondary N) is 2. The van der Waals surface area contributed by atoms with Crippen molar-refractivity contribution in [3.05, 3.63) is 63.7 Å². The molecule has 0 atom stereocenters. The molecule has 8 heteroatoms. The number of benzene rings is 2. The minimum absolute atomic E-state index is 0.0269. The van der Waals surface area contributed by atoms with Crippen LogP contribution in [0.2, 0.25) is 0 Å². The van der Waals surface area contributed by atoms with Gasteiger partial charge in [-0.25, -0.2) is 4.79 Å². The largest absolute Gasteiger partial charge is 0.462 e. The van der Waals surface area contributed by atoms with Crippen LogP contribution in [-0.4, -0.2) is 30.0 Å². The molecule has 0 fully saturated rings. The molecule has 2 rings (SSSR count). The van der Waals surface area contributed by atoms with Crippen LogP contribution in [0.15, 0.2) is 42.5 Å². The van der Waals surface area contributed by atoms with Crippen molar-refractivity contribution in [1.82, 2.24) is 0 Å². The normalized spacial score (nSPS) is 10.1. The van der Waals surface area contributed by atoms with Gasteiger partial charge in [0.25, 0.3) is 5.69 Å². The van der Waals surface area contributed by atoms with E-state index in [9.17, 15) is 19.7 Å². The quantitative estimate of drug-likeness (QED) is 0.447. The highest BCUT2D eigenvalue weighted by molar-refractivity contribution is 5.95. The minimum atomic E-state index is -0.492. The van der Waals surface area contributed by atoms with Crippen LogP contribution >= 0.6 is 0 Å². The van der Waals surface area contributed by atoms with Gasteiger partial charge in [0.05, 0.1) is 34.9 Å². The fourth-order valence-electron chi connectivity index (χ4n) is 2.27. The lowest BCUT2D eigenvalue weighted by Gasteiger charge is -2.10. The SMILES string of the molecule is CCOC(=O)c1ccc(NCC(=O)Nc2cccc([N+](=O)[O-])c2C)cc1. The first-order valence-corrected chi connectivity index (χ1v) is 7.97. The summed E-state index contributed by atoms with van der Waals surface area (Å²) in [5.41, 5.74) is 1.82. The number of rotatable bonds is 7. The van der Waals surface area contributed by atoms with Crippen LogP contribution in [0.1, 0.15) is 22.8 Å². The first kappa shape index (κ1) is 18.9. The molecule has 0 unspecified atom stereocenters. The third-order valence-electron chi connectivity index (χ3n) is 3.63. The molecule has 0 radical (unpaired) electrons. The van der Waals surface area contributed by atoms with E-state index in [0.29, 0.717) is 29.1 Å². The number of nitro benzene ring substituents is 1. The Morgan fingerprint density at radius 3 is 2.46 bits per heavy atom. The maximum Gasteiger partial charge on any atom is 0.338 e. The molecule has 136 valence electrons. The summed E-state index contributed by atoms with van der Waals surface area (Å²) >= 11 is 0. The molecule has 0 saturated heterocycles. The molecule has 1 amide bonds. The molecule has 8 nitrogen and oxygen atoms in total. The van der Waals surface area contributed by atoms with Crippen molar-refractivity contribution in [2.45, 2.75) is 13.8 Å². The lowest BCUT2D eigenvalue weighted by atomic mass is 10.1. The van der Waals surface area contributed by atoms with Crippen molar-refractivity contribution in [1.29, 1.82) is 0 Å². The van der Waals surface area contributed by atoms with Crippen LogP contribution in [0.4, 0.5) is 17.1 Å². The smallest absolute Gasteiger partial charge is 0.338 e. The molecule has 0 saturated carbocycles. The number of ether oxygens (including phenoxy) is 1. The summed E-state index contributed by atoms with van der Waals surface area (Å²) in [6, 6.07) is 11.0. The summed E-state index contributed by atoms with van der Waals surface area (Å²) in [5.74, 6) is -0.749. The van der Waals surface area contributed by atoms with Gasteiger partial charge in [0, 0.05) is 11.8 Å². The molecule has 0 heterocycles. The molecule has 26 heavy (non-hydrogen) atoms. The number of carbonyl (C=O) groups excluding carboxylic acids is 2. The molecule has 2 aromatic rings. The number of hydrogen-bond donors (Lipinski definition) is 2. The van der Waals surface area contributed by atoms with Crippen LogP contribution in [0, 0.1) is 17.0 Å². The molecule has 0 aliphatic rings. The second-order valence-corrected chi connectivity index (χ2v) is 5.41. The van der Waals surface area contributed by atoms with Crippen LogP contribution in [0.3, 0.4) is 0 Å². The second-order valence-electron chi connectivity index (χ2n) is 5.41. The van der Waals surface area contributed by atoms with Gasteiger partial charge in [-0.2, -0.15) is 0 Å². The predicted molar refractivity (Wildman–Crippen MR) is 97.4 cm³/mol. The Kier molecular flexibility index (Phi) is 6.26. The fourth-order valence-corrected chi connectivity index (χ4v) is 2.27. The van der Waals surface area contributed by atoms with E-state index in [2.05, 4.69) is 10.6 Å². The van der Waals surface area contributed by atoms with Gasteiger partial charge in [0.1, 0.15) is 0 Å². The molecular formula is C18H19N3O5. The van der Waals surface area contributed by atoms with E-state index in [1.165, 1.54) is 12.1 Å². The van der Waals surface area contributed by atoms with Crippen molar-refractivity contribution in [2.75, 3.05) is 23.8 Å². The van der Waals surface area contributed by atoms with E-state index in [-0.39, 0.29) is 18.1 Å².